The summed E-state index contributed by atoms with van der Waals surface area (Å²) in [6, 6.07) is 34.4. The highest BCUT2D eigenvalue weighted by atomic mass is 15.1. The molecule has 1 N–H and O–H groups in total. The number of aryl methyl sites for hydroxylation is 1. The van der Waals surface area contributed by atoms with Crippen LogP contribution >= 0.6 is 0 Å². The van der Waals surface area contributed by atoms with Crippen molar-refractivity contribution in [1.29, 1.82) is 0 Å². The van der Waals surface area contributed by atoms with Crippen LogP contribution < -0.4 is 15.1 Å². The van der Waals surface area contributed by atoms with Crippen LogP contribution in [0.1, 0.15) is 48.4 Å². The Hall–Kier alpha value is -7.69. The van der Waals surface area contributed by atoms with E-state index in [1.807, 2.05) is 6.08 Å². The zero-order valence-corrected chi connectivity index (χ0v) is 37.2. The fourth-order valence-corrected chi connectivity index (χ4v) is 7.92. The summed E-state index contributed by atoms with van der Waals surface area (Å²) in [6.45, 7) is 15.5. The van der Waals surface area contributed by atoms with Gasteiger partial charge in [0.05, 0.1) is 11.4 Å². The quantitative estimate of drug-likeness (QED) is 0.0849. The van der Waals surface area contributed by atoms with Crippen LogP contribution in [0.3, 0.4) is 0 Å². The second kappa shape index (κ2) is 22.4. The van der Waals surface area contributed by atoms with Crippen molar-refractivity contribution in [3.8, 4) is 11.1 Å². The highest BCUT2D eigenvalue weighted by Crippen LogP contribution is 2.35. The summed E-state index contributed by atoms with van der Waals surface area (Å²) in [6.07, 6.45) is 44.0. The molecule has 4 aromatic carbocycles. The van der Waals surface area contributed by atoms with Crippen LogP contribution in [0, 0.1) is 0 Å². The van der Waals surface area contributed by atoms with Crippen molar-refractivity contribution >= 4 is 34.9 Å². The van der Waals surface area contributed by atoms with Gasteiger partial charge < -0.3 is 15.1 Å². The third-order valence-corrected chi connectivity index (χ3v) is 11.4. The molecule has 0 amide bonds. The number of hydrogen-bond donors (Lipinski definition) is 1. The maximum absolute atomic E-state index is 4.60. The van der Waals surface area contributed by atoms with Gasteiger partial charge in [0.2, 0.25) is 0 Å². The summed E-state index contributed by atoms with van der Waals surface area (Å²) in [5, 5.41) is 3.58. The van der Waals surface area contributed by atoms with Crippen molar-refractivity contribution in [2.45, 2.75) is 32.6 Å². The zero-order chi connectivity index (χ0) is 44.5. The molecule has 4 heteroatoms. The number of aliphatic imine (C=N–C) groups is 1. The van der Waals surface area contributed by atoms with Crippen LogP contribution in [0.4, 0.5) is 11.4 Å². The van der Waals surface area contributed by atoms with E-state index >= 15 is 0 Å². The molecule has 4 aromatic rings. The number of hydrogen-bond acceptors (Lipinski definition) is 4. The molecule has 2 aliphatic heterocycles. The van der Waals surface area contributed by atoms with Gasteiger partial charge in [0, 0.05) is 48.6 Å². The van der Waals surface area contributed by atoms with Gasteiger partial charge in [-0.25, -0.2) is 0 Å². The van der Waals surface area contributed by atoms with E-state index in [4.69, 9.17) is 0 Å². The van der Waals surface area contributed by atoms with Gasteiger partial charge in [-0.05, 0) is 150 Å². The SMILES string of the molecule is C=CC(=C\C=C/N(C)c1ccccc1CCC1=CC=C1)/C(=C/C(=C\C=C/C=C(\C=C\C)N1/C=C\CCC(=C)c2ccccc21)c1cc(C2=CC=CCN2)cc(-c2ccccc2)c1)N=C. The maximum Gasteiger partial charge on any atom is 0.0700 e. The van der Waals surface area contributed by atoms with Crippen LogP contribution in [-0.2, 0) is 6.42 Å². The summed E-state index contributed by atoms with van der Waals surface area (Å²) < 4.78 is 0. The minimum atomic E-state index is 0.710. The molecule has 0 unspecified atom stereocenters. The molecule has 318 valence electrons. The summed E-state index contributed by atoms with van der Waals surface area (Å²) in [4.78, 5) is 9.02. The molecule has 1 aliphatic carbocycles. The predicted octanol–water partition coefficient (Wildman–Crippen LogP) is 14.9. The number of rotatable bonds is 17. The van der Waals surface area contributed by atoms with E-state index in [9.17, 15) is 0 Å². The molecule has 3 aliphatic rings. The molecule has 4 nitrogen and oxygen atoms in total. The standard InChI is InChI=1S/C60H58N4/c1-6-23-55(64-41-20-18-24-46(3)56-33-14-16-36-60(56)64)32-13-11-30-51(53-42-52(49-27-9-8-10-28-49)43-54(44-53)57-34-17-19-39-62-57)45-58(61-4)48(7-2)31-22-40-63(5)59-35-15-12-29-50(59)38-37-47-25-21-26-47/h6-17,19-23,25-36,40-45,62H,2-4,18,24,37-39H2,1,5H3/b13-11-,23-6+,40-22-,41-20-,48-31+,51-30+,55-32+,58-45-. The van der Waals surface area contributed by atoms with Gasteiger partial charge in [0.15, 0.2) is 0 Å². The van der Waals surface area contributed by atoms with Crippen molar-refractivity contribution in [3.63, 3.8) is 0 Å². The van der Waals surface area contributed by atoms with Crippen LogP contribution in [0.15, 0.2) is 253 Å². The van der Waals surface area contributed by atoms with Crippen molar-refractivity contribution in [3.05, 3.63) is 271 Å². The van der Waals surface area contributed by atoms with Gasteiger partial charge in [-0.3, -0.25) is 4.99 Å². The number of fused-ring (bicyclic) bond motifs is 1. The fourth-order valence-electron chi connectivity index (χ4n) is 7.92. The molecule has 0 bridgehead atoms. The topological polar surface area (TPSA) is 30.9 Å². The molecule has 7 rings (SSSR count). The number of nitrogens with one attached hydrogen (secondary N) is 1. The van der Waals surface area contributed by atoms with E-state index in [1.165, 1.54) is 22.4 Å². The van der Waals surface area contributed by atoms with Gasteiger partial charge in [-0.1, -0.05) is 153 Å². The zero-order valence-electron chi connectivity index (χ0n) is 37.2. The van der Waals surface area contributed by atoms with Gasteiger partial charge in [-0.2, -0.15) is 0 Å². The van der Waals surface area contributed by atoms with E-state index in [1.54, 1.807) is 0 Å². The largest absolute Gasteiger partial charge is 0.381 e. The minimum absolute atomic E-state index is 0.710. The van der Waals surface area contributed by atoms with Crippen LogP contribution in [0.25, 0.3) is 28.0 Å². The number of allylic oxidation sites excluding steroid dienone is 19. The van der Waals surface area contributed by atoms with E-state index < -0.39 is 0 Å². The first-order valence-electron chi connectivity index (χ1n) is 22.1. The monoisotopic (exact) mass is 834 g/mol. The van der Waals surface area contributed by atoms with Crippen molar-refractivity contribution < 1.29 is 0 Å². The average molecular weight is 835 g/mol. The summed E-state index contributed by atoms with van der Waals surface area (Å²) in [5.74, 6) is 0. The Morgan fingerprint density at radius 1 is 0.828 bits per heavy atom. The lowest BCUT2D eigenvalue weighted by Gasteiger charge is -2.27. The Bertz CT molecular complexity index is 2730. The number of para-hydroxylation sites is 2. The molecule has 0 radical (unpaired) electrons. The van der Waals surface area contributed by atoms with Gasteiger partial charge >= 0.3 is 0 Å². The van der Waals surface area contributed by atoms with Crippen molar-refractivity contribution in [2.24, 2.45) is 4.99 Å². The number of dihydropyridines is 1. The molecular formula is C60H58N4. The maximum atomic E-state index is 4.60. The highest BCUT2D eigenvalue weighted by Gasteiger charge is 2.16. The van der Waals surface area contributed by atoms with Crippen molar-refractivity contribution in [2.75, 3.05) is 23.4 Å². The number of anilines is 2. The second-order valence-corrected chi connectivity index (χ2v) is 15.8. The van der Waals surface area contributed by atoms with E-state index in [0.717, 1.165) is 88.3 Å². The smallest absolute Gasteiger partial charge is 0.0700 e. The Balaban J connectivity index is 1.28. The fraction of sp³-hybridized carbons (Fsp3) is 0.117. The Kier molecular flexibility index (Phi) is 15.5. The van der Waals surface area contributed by atoms with E-state index in [2.05, 4.69) is 261 Å². The molecule has 0 fully saturated rings. The molecule has 0 saturated heterocycles. The first-order valence-corrected chi connectivity index (χ1v) is 22.1. The van der Waals surface area contributed by atoms with Gasteiger partial charge in [-0.15, -0.1) is 0 Å². The highest BCUT2D eigenvalue weighted by molar-refractivity contribution is 5.84. The first kappa shape index (κ1) is 44.4. The van der Waals surface area contributed by atoms with Gasteiger partial charge in [0.1, 0.15) is 0 Å². The molecule has 0 atom stereocenters. The Morgan fingerprint density at radius 3 is 2.38 bits per heavy atom. The Morgan fingerprint density at radius 2 is 1.61 bits per heavy atom. The van der Waals surface area contributed by atoms with E-state index in [-0.39, 0.29) is 0 Å². The van der Waals surface area contributed by atoms with Crippen LogP contribution in [0.5, 0.6) is 0 Å². The normalized spacial score (nSPS) is 16.2. The van der Waals surface area contributed by atoms with Crippen LogP contribution in [0.2, 0.25) is 0 Å². The minimum Gasteiger partial charge on any atom is -0.381 e. The molecule has 64 heavy (non-hydrogen) atoms. The first-order chi connectivity index (χ1) is 31.4. The van der Waals surface area contributed by atoms with Gasteiger partial charge in [0.25, 0.3) is 0 Å². The predicted molar refractivity (Wildman–Crippen MR) is 279 cm³/mol. The molecule has 0 aromatic heterocycles. The third-order valence-electron chi connectivity index (χ3n) is 11.4. The number of nitrogens with zero attached hydrogens (tertiary/aromatic N) is 3. The Labute approximate surface area is 381 Å². The molecule has 0 spiro atoms. The molecule has 2 heterocycles. The average Bonchev–Trinajstić information content (AvgIpc) is 3.32. The summed E-state index contributed by atoms with van der Waals surface area (Å²) >= 11 is 0. The van der Waals surface area contributed by atoms with Crippen LogP contribution in [-0.4, -0.2) is 20.3 Å². The lowest BCUT2D eigenvalue weighted by Crippen LogP contribution is -2.16. The lowest BCUT2D eigenvalue weighted by molar-refractivity contribution is 0.949. The third kappa shape index (κ3) is 11.4. The summed E-state index contributed by atoms with van der Waals surface area (Å²) in [5.41, 5.74) is 16.4. The lowest BCUT2D eigenvalue weighted by atomic mass is 9.93. The summed E-state index contributed by atoms with van der Waals surface area (Å²) in [7, 11) is 2.09. The van der Waals surface area contributed by atoms with E-state index in [0.29, 0.717) is 5.70 Å². The number of benzene rings is 4. The molecule has 0 saturated carbocycles. The second-order valence-electron chi connectivity index (χ2n) is 15.8. The molecular weight excluding hydrogens is 777 g/mol. The van der Waals surface area contributed by atoms with Crippen molar-refractivity contribution in [1.82, 2.24) is 5.32 Å².